The van der Waals surface area contributed by atoms with Gasteiger partial charge in [0.2, 0.25) is 0 Å². The van der Waals surface area contributed by atoms with Gasteiger partial charge < -0.3 is 10.2 Å². The Balaban J connectivity index is 2.82. The third kappa shape index (κ3) is 3.34. The van der Waals surface area contributed by atoms with Crippen LogP contribution in [-0.2, 0) is 9.59 Å². The van der Waals surface area contributed by atoms with Crippen LogP contribution in [0.1, 0.15) is 40.0 Å². The monoisotopic (exact) mass is 254 g/mol. The van der Waals surface area contributed by atoms with Crippen LogP contribution in [0.5, 0.6) is 0 Å². The van der Waals surface area contributed by atoms with Crippen LogP contribution in [0.3, 0.4) is 0 Å². The first kappa shape index (κ1) is 14.7. The summed E-state index contributed by atoms with van der Waals surface area (Å²) in [5, 5.41) is 18.2. The van der Waals surface area contributed by atoms with Crippen molar-refractivity contribution < 1.29 is 19.8 Å². The standard InChI is InChI=1S/C14H22O4/c1-4-10-5-8(2)11(6-9(3)13(15)16)7-12(10)14(17)18/h5,8-9,11-12H,4,6-7H2,1-3H3,(H,15,16)(H,17,18). The lowest BCUT2D eigenvalue weighted by Crippen LogP contribution is -2.29. The zero-order chi connectivity index (χ0) is 13.9. The molecule has 0 saturated carbocycles. The van der Waals surface area contributed by atoms with Crippen molar-refractivity contribution in [3.8, 4) is 0 Å². The van der Waals surface area contributed by atoms with Crippen molar-refractivity contribution in [2.24, 2.45) is 23.7 Å². The molecule has 1 rings (SSSR count). The van der Waals surface area contributed by atoms with Gasteiger partial charge in [0.05, 0.1) is 11.8 Å². The summed E-state index contributed by atoms with van der Waals surface area (Å²) < 4.78 is 0. The van der Waals surface area contributed by atoms with Crippen molar-refractivity contribution in [1.29, 1.82) is 0 Å². The Morgan fingerprint density at radius 2 is 2.06 bits per heavy atom. The highest BCUT2D eigenvalue weighted by Gasteiger charge is 2.33. The number of carboxylic acid groups (broad SMARTS) is 2. The summed E-state index contributed by atoms with van der Waals surface area (Å²) in [4.78, 5) is 22.1. The van der Waals surface area contributed by atoms with Crippen molar-refractivity contribution in [2.75, 3.05) is 0 Å². The fourth-order valence-corrected chi connectivity index (χ4v) is 2.75. The molecule has 1 aliphatic rings. The summed E-state index contributed by atoms with van der Waals surface area (Å²) in [5.41, 5.74) is 0.981. The summed E-state index contributed by atoms with van der Waals surface area (Å²) in [6, 6.07) is 0. The molecule has 4 nitrogen and oxygen atoms in total. The van der Waals surface area contributed by atoms with E-state index in [1.54, 1.807) is 6.92 Å². The first-order chi connectivity index (χ1) is 8.36. The second kappa shape index (κ2) is 6.03. The summed E-state index contributed by atoms with van der Waals surface area (Å²) in [6.45, 7) is 5.70. The van der Waals surface area contributed by atoms with Gasteiger partial charge in [0.25, 0.3) is 0 Å². The van der Waals surface area contributed by atoms with Gasteiger partial charge in [-0.15, -0.1) is 0 Å². The first-order valence-electron chi connectivity index (χ1n) is 6.53. The van der Waals surface area contributed by atoms with E-state index in [1.165, 1.54) is 0 Å². The Morgan fingerprint density at radius 3 is 2.50 bits per heavy atom. The van der Waals surface area contributed by atoms with E-state index in [0.29, 0.717) is 12.8 Å². The van der Waals surface area contributed by atoms with E-state index in [-0.39, 0.29) is 11.8 Å². The van der Waals surface area contributed by atoms with Crippen LogP contribution in [0.15, 0.2) is 11.6 Å². The molecular formula is C14H22O4. The zero-order valence-corrected chi connectivity index (χ0v) is 11.2. The Morgan fingerprint density at radius 1 is 1.44 bits per heavy atom. The van der Waals surface area contributed by atoms with Crippen LogP contribution in [0, 0.1) is 23.7 Å². The highest BCUT2D eigenvalue weighted by Crippen LogP contribution is 2.38. The lowest BCUT2D eigenvalue weighted by molar-refractivity contribution is -0.142. The maximum atomic E-state index is 11.2. The second-order valence-corrected chi connectivity index (χ2v) is 5.32. The minimum Gasteiger partial charge on any atom is -0.481 e. The molecule has 0 aromatic carbocycles. The summed E-state index contributed by atoms with van der Waals surface area (Å²) in [5.74, 6) is -2.03. The van der Waals surface area contributed by atoms with Gasteiger partial charge in [0.1, 0.15) is 0 Å². The molecule has 4 heteroatoms. The average molecular weight is 254 g/mol. The van der Waals surface area contributed by atoms with Crippen LogP contribution < -0.4 is 0 Å². The topological polar surface area (TPSA) is 74.6 Å². The van der Waals surface area contributed by atoms with E-state index in [2.05, 4.69) is 0 Å². The predicted octanol–water partition coefficient (Wildman–Crippen LogP) is 2.79. The molecular weight excluding hydrogens is 232 g/mol. The van der Waals surface area contributed by atoms with E-state index < -0.39 is 23.8 Å². The average Bonchev–Trinajstić information content (AvgIpc) is 2.30. The summed E-state index contributed by atoms with van der Waals surface area (Å²) in [7, 11) is 0. The van der Waals surface area contributed by atoms with Gasteiger partial charge in [-0.05, 0) is 31.1 Å². The largest absolute Gasteiger partial charge is 0.481 e. The van der Waals surface area contributed by atoms with E-state index in [0.717, 1.165) is 12.0 Å². The quantitative estimate of drug-likeness (QED) is 0.740. The van der Waals surface area contributed by atoms with Crippen molar-refractivity contribution in [3.63, 3.8) is 0 Å². The van der Waals surface area contributed by atoms with Gasteiger partial charge in [-0.3, -0.25) is 9.59 Å². The van der Waals surface area contributed by atoms with E-state index in [4.69, 9.17) is 5.11 Å². The third-order valence-electron chi connectivity index (χ3n) is 3.99. The maximum Gasteiger partial charge on any atom is 0.310 e. The lowest BCUT2D eigenvalue weighted by atomic mass is 9.72. The van der Waals surface area contributed by atoms with Gasteiger partial charge in [0.15, 0.2) is 0 Å². The molecule has 0 aliphatic heterocycles. The van der Waals surface area contributed by atoms with Crippen LogP contribution in [0.25, 0.3) is 0 Å². The first-order valence-corrected chi connectivity index (χ1v) is 6.53. The smallest absolute Gasteiger partial charge is 0.310 e. The summed E-state index contributed by atoms with van der Waals surface area (Å²) in [6.07, 6.45) is 3.89. The predicted molar refractivity (Wildman–Crippen MR) is 68.2 cm³/mol. The Bertz CT molecular complexity index is 359. The van der Waals surface area contributed by atoms with Gasteiger partial charge in [-0.2, -0.15) is 0 Å². The number of hydrogen-bond donors (Lipinski definition) is 2. The molecule has 1 aliphatic carbocycles. The van der Waals surface area contributed by atoms with E-state index in [1.807, 2.05) is 19.9 Å². The molecule has 0 heterocycles. The molecule has 0 aromatic heterocycles. The van der Waals surface area contributed by atoms with Crippen LogP contribution >= 0.6 is 0 Å². The normalized spacial score (nSPS) is 29.5. The van der Waals surface area contributed by atoms with Crippen molar-refractivity contribution in [1.82, 2.24) is 0 Å². The SMILES string of the molecule is CCC1=CC(C)C(CC(C)C(=O)O)CC1C(=O)O. The molecule has 2 N–H and O–H groups in total. The Labute approximate surface area is 108 Å². The number of aliphatic carboxylic acids is 2. The Kier molecular flexibility index (Phi) is 4.93. The van der Waals surface area contributed by atoms with Crippen molar-refractivity contribution in [3.05, 3.63) is 11.6 Å². The highest BCUT2D eigenvalue weighted by molar-refractivity contribution is 5.74. The van der Waals surface area contributed by atoms with Gasteiger partial charge >= 0.3 is 11.9 Å². The number of rotatable bonds is 5. The van der Waals surface area contributed by atoms with Crippen LogP contribution in [0.2, 0.25) is 0 Å². The fraction of sp³-hybridized carbons (Fsp3) is 0.714. The number of hydrogen-bond acceptors (Lipinski definition) is 2. The van der Waals surface area contributed by atoms with Gasteiger partial charge in [0, 0.05) is 0 Å². The van der Waals surface area contributed by atoms with Crippen LogP contribution in [0.4, 0.5) is 0 Å². The summed E-state index contributed by atoms with van der Waals surface area (Å²) >= 11 is 0. The van der Waals surface area contributed by atoms with Crippen LogP contribution in [-0.4, -0.2) is 22.2 Å². The molecule has 4 unspecified atom stereocenters. The molecule has 0 saturated heterocycles. The molecule has 102 valence electrons. The minimum atomic E-state index is -0.806. The molecule has 18 heavy (non-hydrogen) atoms. The molecule has 0 bridgehead atoms. The lowest BCUT2D eigenvalue weighted by Gasteiger charge is -2.32. The second-order valence-electron chi connectivity index (χ2n) is 5.32. The molecule has 0 amide bonds. The molecule has 0 aromatic rings. The molecule has 0 radical (unpaired) electrons. The molecule has 0 spiro atoms. The van der Waals surface area contributed by atoms with Crippen molar-refractivity contribution in [2.45, 2.75) is 40.0 Å². The van der Waals surface area contributed by atoms with E-state index >= 15 is 0 Å². The minimum absolute atomic E-state index is 0.146. The number of allylic oxidation sites excluding steroid dienone is 1. The number of carboxylic acids is 2. The fourth-order valence-electron chi connectivity index (χ4n) is 2.75. The maximum absolute atomic E-state index is 11.2. The van der Waals surface area contributed by atoms with Crippen molar-refractivity contribution >= 4 is 11.9 Å². The third-order valence-corrected chi connectivity index (χ3v) is 3.99. The molecule has 0 fully saturated rings. The van der Waals surface area contributed by atoms with E-state index in [9.17, 15) is 14.7 Å². The highest BCUT2D eigenvalue weighted by atomic mass is 16.4. The number of carbonyl (C=O) groups is 2. The van der Waals surface area contributed by atoms with Gasteiger partial charge in [-0.1, -0.05) is 32.4 Å². The Hall–Kier alpha value is -1.32. The zero-order valence-electron chi connectivity index (χ0n) is 11.2. The molecule has 4 atom stereocenters. The van der Waals surface area contributed by atoms with Gasteiger partial charge in [-0.25, -0.2) is 0 Å².